The Balaban J connectivity index is 2.05. The van der Waals surface area contributed by atoms with Crippen molar-refractivity contribution < 1.29 is 14.3 Å². The molecule has 92 valence electrons. The predicted molar refractivity (Wildman–Crippen MR) is 65.5 cm³/mol. The number of nitrogens with zero attached hydrogens (tertiary/aromatic N) is 1. The topological polar surface area (TPSA) is 58.6 Å². The molecule has 0 saturated carbocycles. The molecule has 0 bridgehead atoms. The molecule has 0 aromatic carbocycles. The van der Waals surface area contributed by atoms with Crippen LogP contribution in [-0.2, 0) is 4.74 Å². The smallest absolute Gasteiger partial charge is 0.340 e. The van der Waals surface area contributed by atoms with Crippen molar-refractivity contribution in [2.75, 3.05) is 25.5 Å². The second-order valence-electron chi connectivity index (χ2n) is 3.82. The first-order chi connectivity index (χ1) is 8.22. The quantitative estimate of drug-likeness (QED) is 0.823. The molecular weight excluding hydrogens is 240 g/mol. The number of anilines is 1. The van der Waals surface area contributed by atoms with E-state index in [2.05, 4.69) is 10.1 Å². The maximum Gasteiger partial charge on any atom is 0.340 e. The normalized spacial score (nSPS) is 14.8. The highest BCUT2D eigenvalue weighted by Crippen LogP contribution is 2.22. The Morgan fingerprint density at radius 1 is 1.35 bits per heavy atom. The van der Waals surface area contributed by atoms with Gasteiger partial charge < -0.3 is 15.0 Å². The Hall–Kier alpha value is -1.56. The standard InChI is InChI=1S/C11H14N2O3S/c1-16-10(14)8-6-17-7-9(8)12-11(15)13-4-2-3-5-13/h6-7H,2-5H2,1H3,(H,12,15). The SMILES string of the molecule is COC(=O)c1cscc1NC(=O)N1CCCC1. The molecule has 0 spiro atoms. The number of ether oxygens (including phenoxy) is 1. The number of rotatable bonds is 2. The number of carbonyl (C=O) groups is 2. The van der Waals surface area contributed by atoms with E-state index in [9.17, 15) is 9.59 Å². The molecule has 0 radical (unpaired) electrons. The highest BCUT2D eigenvalue weighted by Gasteiger charge is 2.20. The number of amides is 2. The first-order valence-electron chi connectivity index (χ1n) is 5.43. The van der Waals surface area contributed by atoms with Gasteiger partial charge in [-0.25, -0.2) is 9.59 Å². The zero-order valence-electron chi connectivity index (χ0n) is 9.56. The van der Waals surface area contributed by atoms with Gasteiger partial charge in [0.05, 0.1) is 18.4 Å². The molecule has 1 N–H and O–H groups in total. The van der Waals surface area contributed by atoms with Gasteiger partial charge in [0, 0.05) is 23.8 Å². The van der Waals surface area contributed by atoms with Crippen LogP contribution in [0.3, 0.4) is 0 Å². The fraction of sp³-hybridized carbons (Fsp3) is 0.455. The van der Waals surface area contributed by atoms with Gasteiger partial charge in [-0.1, -0.05) is 0 Å². The molecule has 17 heavy (non-hydrogen) atoms. The second-order valence-corrected chi connectivity index (χ2v) is 4.56. The molecule has 0 aliphatic carbocycles. The molecule has 1 aliphatic heterocycles. The Kier molecular flexibility index (Phi) is 3.63. The third-order valence-corrected chi connectivity index (χ3v) is 3.45. The highest BCUT2D eigenvalue weighted by atomic mass is 32.1. The van der Waals surface area contributed by atoms with E-state index >= 15 is 0 Å². The number of esters is 1. The van der Waals surface area contributed by atoms with E-state index in [4.69, 9.17) is 0 Å². The van der Waals surface area contributed by atoms with Gasteiger partial charge in [-0.15, -0.1) is 11.3 Å². The van der Waals surface area contributed by atoms with Crippen molar-refractivity contribution in [1.82, 2.24) is 4.90 Å². The molecule has 2 rings (SSSR count). The maximum absolute atomic E-state index is 11.8. The molecule has 1 fully saturated rings. The Bertz CT molecular complexity index is 424. The fourth-order valence-electron chi connectivity index (χ4n) is 1.78. The fourth-order valence-corrected chi connectivity index (χ4v) is 2.53. The lowest BCUT2D eigenvalue weighted by atomic mass is 10.3. The molecule has 5 nitrogen and oxygen atoms in total. The molecule has 6 heteroatoms. The van der Waals surface area contributed by atoms with Crippen LogP contribution in [0.25, 0.3) is 0 Å². The van der Waals surface area contributed by atoms with E-state index in [1.54, 1.807) is 15.7 Å². The first kappa shape index (κ1) is 11.9. The van der Waals surface area contributed by atoms with Crippen molar-refractivity contribution in [2.45, 2.75) is 12.8 Å². The van der Waals surface area contributed by atoms with Gasteiger partial charge in [-0.3, -0.25) is 0 Å². The predicted octanol–water partition coefficient (Wildman–Crippen LogP) is 2.16. The van der Waals surface area contributed by atoms with Crippen LogP contribution in [0.1, 0.15) is 23.2 Å². The number of thiophene rings is 1. The number of urea groups is 1. The lowest BCUT2D eigenvalue weighted by Gasteiger charge is -2.16. The van der Waals surface area contributed by atoms with E-state index in [1.807, 2.05) is 0 Å². The van der Waals surface area contributed by atoms with E-state index in [1.165, 1.54) is 18.4 Å². The number of likely N-dealkylation sites (tertiary alicyclic amines) is 1. The Morgan fingerprint density at radius 2 is 2.06 bits per heavy atom. The summed E-state index contributed by atoms with van der Waals surface area (Å²) < 4.78 is 4.65. The summed E-state index contributed by atoms with van der Waals surface area (Å²) in [5, 5.41) is 6.15. The van der Waals surface area contributed by atoms with Crippen LogP contribution in [0.15, 0.2) is 10.8 Å². The molecule has 0 atom stereocenters. The van der Waals surface area contributed by atoms with Crippen molar-refractivity contribution in [1.29, 1.82) is 0 Å². The van der Waals surface area contributed by atoms with Crippen LogP contribution in [-0.4, -0.2) is 37.1 Å². The molecule has 1 saturated heterocycles. The van der Waals surface area contributed by atoms with Gasteiger partial charge in [-0.05, 0) is 12.8 Å². The number of hydrogen-bond acceptors (Lipinski definition) is 4. The molecule has 1 aromatic rings. The largest absolute Gasteiger partial charge is 0.465 e. The Labute approximate surface area is 103 Å². The maximum atomic E-state index is 11.8. The molecular formula is C11H14N2O3S. The highest BCUT2D eigenvalue weighted by molar-refractivity contribution is 7.08. The Morgan fingerprint density at radius 3 is 2.71 bits per heavy atom. The number of carbonyl (C=O) groups excluding carboxylic acids is 2. The zero-order chi connectivity index (χ0) is 12.3. The molecule has 0 unspecified atom stereocenters. The van der Waals surface area contributed by atoms with E-state index < -0.39 is 5.97 Å². The number of hydrogen-bond donors (Lipinski definition) is 1. The van der Waals surface area contributed by atoms with Gasteiger partial charge in [-0.2, -0.15) is 0 Å². The van der Waals surface area contributed by atoms with E-state index in [0.717, 1.165) is 25.9 Å². The van der Waals surface area contributed by atoms with Gasteiger partial charge >= 0.3 is 12.0 Å². The summed E-state index contributed by atoms with van der Waals surface area (Å²) in [6, 6.07) is -0.147. The minimum Gasteiger partial charge on any atom is -0.465 e. The second kappa shape index (κ2) is 5.18. The summed E-state index contributed by atoms with van der Waals surface area (Å²) >= 11 is 1.36. The van der Waals surface area contributed by atoms with Crippen molar-refractivity contribution in [2.24, 2.45) is 0 Å². The lowest BCUT2D eigenvalue weighted by Crippen LogP contribution is -2.32. The third kappa shape index (κ3) is 2.58. The molecule has 1 aromatic heterocycles. The van der Waals surface area contributed by atoms with Gasteiger partial charge in [0.25, 0.3) is 0 Å². The minimum absolute atomic E-state index is 0.147. The summed E-state index contributed by atoms with van der Waals surface area (Å²) in [7, 11) is 1.33. The minimum atomic E-state index is -0.428. The molecule has 1 aliphatic rings. The van der Waals surface area contributed by atoms with Crippen LogP contribution >= 0.6 is 11.3 Å². The van der Waals surface area contributed by atoms with Crippen LogP contribution in [0.5, 0.6) is 0 Å². The summed E-state index contributed by atoms with van der Waals surface area (Å²) in [5.41, 5.74) is 0.934. The first-order valence-corrected chi connectivity index (χ1v) is 6.37. The van der Waals surface area contributed by atoms with Crippen molar-refractivity contribution in [3.8, 4) is 0 Å². The van der Waals surface area contributed by atoms with Crippen molar-refractivity contribution in [3.05, 3.63) is 16.3 Å². The lowest BCUT2D eigenvalue weighted by molar-refractivity contribution is 0.0602. The van der Waals surface area contributed by atoms with Crippen LogP contribution in [0.2, 0.25) is 0 Å². The van der Waals surface area contributed by atoms with Gasteiger partial charge in [0.1, 0.15) is 0 Å². The van der Waals surface area contributed by atoms with Crippen molar-refractivity contribution >= 4 is 29.0 Å². The summed E-state index contributed by atoms with van der Waals surface area (Å²) in [6.45, 7) is 1.56. The van der Waals surface area contributed by atoms with Gasteiger partial charge in [0.15, 0.2) is 0 Å². The molecule has 2 heterocycles. The van der Waals surface area contributed by atoms with E-state index in [-0.39, 0.29) is 6.03 Å². The average molecular weight is 254 g/mol. The monoisotopic (exact) mass is 254 g/mol. The summed E-state index contributed by atoms with van der Waals surface area (Å²) in [6.07, 6.45) is 2.09. The molecule has 2 amide bonds. The van der Waals surface area contributed by atoms with Crippen LogP contribution < -0.4 is 5.32 Å². The van der Waals surface area contributed by atoms with E-state index in [0.29, 0.717) is 11.3 Å². The summed E-state index contributed by atoms with van der Waals surface area (Å²) in [4.78, 5) is 25.0. The van der Waals surface area contributed by atoms with Crippen LogP contribution in [0.4, 0.5) is 10.5 Å². The number of methoxy groups -OCH3 is 1. The third-order valence-electron chi connectivity index (χ3n) is 2.70. The average Bonchev–Trinajstić information content (AvgIpc) is 2.98. The summed E-state index contributed by atoms with van der Waals surface area (Å²) in [5.74, 6) is -0.428. The van der Waals surface area contributed by atoms with Gasteiger partial charge in [0.2, 0.25) is 0 Å². The zero-order valence-corrected chi connectivity index (χ0v) is 10.4. The van der Waals surface area contributed by atoms with Crippen molar-refractivity contribution in [3.63, 3.8) is 0 Å². The van der Waals surface area contributed by atoms with Crippen LogP contribution in [0, 0.1) is 0 Å². The number of nitrogens with one attached hydrogen (secondary N) is 1.